The number of carbonyl (C=O) groups excluding carboxylic acids is 1. The van der Waals surface area contributed by atoms with E-state index < -0.39 is 11.6 Å². The number of nitrogens with zero attached hydrogens (tertiary/aromatic N) is 3. The highest BCUT2D eigenvalue weighted by atomic mass is 16.6. The molecule has 4 rings (SSSR count). The van der Waals surface area contributed by atoms with Crippen molar-refractivity contribution in [3.8, 4) is 11.3 Å². The van der Waals surface area contributed by atoms with Crippen molar-refractivity contribution in [2.75, 3.05) is 13.1 Å². The Morgan fingerprint density at radius 2 is 1.97 bits per heavy atom. The number of benzene rings is 1. The minimum Gasteiger partial charge on any atom is -0.478 e. The number of fused-ring (bicyclic) bond motifs is 1. The van der Waals surface area contributed by atoms with Crippen molar-refractivity contribution in [3.63, 3.8) is 0 Å². The Morgan fingerprint density at radius 3 is 2.63 bits per heavy atom. The van der Waals surface area contributed by atoms with Crippen LogP contribution in [0.3, 0.4) is 0 Å². The standard InChI is InChI=1S/C22H24N4O4/c1-22(2,3)30-21(29)26-9-8-15(12-26)17-10-16-11-23-25-19(16)18(24-17)13-4-6-14(7-5-13)20(27)28/h4-7,10-11,15H,8-9,12H2,1-3H3,(H,23,25)(H,27,28). The third kappa shape index (κ3) is 3.98. The number of ether oxygens (including phenoxy) is 1. The lowest BCUT2D eigenvalue weighted by molar-refractivity contribution is 0.0292. The van der Waals surface area contributed by atoms with Gasteiger partial charge in [0.1, 0.15) is 5.60 Å². The van der Waals surface area contributed by atoms with Gasteiger partial charge in [0.05, 0.1) is 23.0 Å². The van der Waals surface area contributed by atoms with Crippen LogP contribution in [0, 0.1) is 0 Å². The summed E-state index contributed by atoms with van der Waals surface area (Å²) >= 11 is 0. The largest absolute Gasteiger partial charge is 0.478 e. The predicted molar refractivity (Wildman–Crippen MR) is 111 cm³/mol. The molecule has 1 saturated heterocycles. The lowest BCUT2D eigenvalue weighted by Gasteiger charge is -2.24. The van der Waals surface area contributed by atoms with E-state index in [2.05, 4.69) is 10.2 Å². The smallest absolute Gasteiger partial charge is 0.410 e. The number of pyridine rings is 1. The van der Waals surface area contributed by atoms with Crippen molar-refractivity contribution in [2.24, 2.45) is 0 Å². The van der Waals surface area contributed by atoms with Crippen molar-refractivity contribution < 1.29 is 19.4 Å². The quantitative estimate of drug-likeness (QED) is 0.677. The fraction of sp³-hybridized carbons (Fsp3) is 0.364. The van der Waals surface area contributed by atoms with Gasteiger partial charge < -0.3 is 14.7 Å². The van der Waals surface area contributed by atoms with Gasteiger partial charge in [-0.3, -0.25) is 10.1 Å². The Balaban J connectivity index is 1.63. The van der Waals surface area contributed by atoms with Gasteiger partial charge in [-0.15, -0.1) is 0 Å². The van der Waals surface area contributed by atoms with Gasteiger partial charge in [-0.25, -0.2) is 9.59 Å². The van der Waals surface area contributed by atoms with E-state index in [1.165, 1.54) is 0 Å². The fourth-order valence-electron chi connectivity index (χ4n) is 3.65. The first-order valence-electron chi connectivity index (χ1n) is 9.87. The summed E-state index contributed by atoms with van der Waals surface area (Å²) in [6.45, 7) is 6.73. The number of rotatable bonds is 3. The first-order valence-corrected chi connectivity index (χ1v) is 9.87. The number of carboxylic acid groups (broad SMARTS) is 1. The Hall–Kier alpha value is -3.42. The molecule has 0 bridgehead atoms. The zero-order valence-electron chi connectivity index (χ0n) is 17.2. The zero-order valence-corrected chi connectivity index (χ0v) is 17.2. The molecule has 1 fully saturated rings. The lowest BCUT2D eigenvalue weighted by Crippen LogP contribution is -2.35. The van der Waals surface area contributed by atoms with Crippen LogP contribution >= 0.6 is 0 Å². The molecule has 30 heavy (non-hydrogen) atoms. The molecular formula is C22H24N4O4. The van der Waals surface area contributed by atoms with Crippen LogP contribution in [0.2, 0.25) is 0 Å². The van der Waals surface area contributed by atoms with Gasteiger partial charge in [0, 0.05) is 35.7 Å². The lowest BCUT2D eigenvalue weighted by atomic mass is 10.0. The summed E-state index contributed by atoms with van der Waals surface area (Å²) < 4.78 is 5.49. The summed E-state index contributed by atoms with van der Waals surface area (Å²) in [7, 11) is 0. The average Bonchev–Trinajstić information content (AvgIpc) is 3.35. The molecule has 1 aliphatic rings. The summed E-state index contributed by atoms with van der Waals surface area (Å²) in [4.78, 5) is 30.1. The summed E-state index contributed by atoms with van der Waals surface area (Å²) in [6.07, 6.45) is 2.24. The zero-order chi connectivity index (χ0) is 21.5. The number of carboxylic acids is 1. The fourth-order valence-corrected chi connectivity index (χ4v) is 3.65. The number of hydrogen-bond acceptors (Lipinski definition) is 5. The van der Waals surface area contributed by atoms with Gasteiger partial charge in [0.15, 0.2) is 0 Å². The van der Waals surface area contributed by atoms with E-state index in [1.54, 1.807) is 35.4 Å². The van der Waals surface area contributed by atoms with Gasteiger partial charge in [-0.1, -0.05) is 12.1 Å². The third-order valence-electron chi connectivity index (χ3n) is 5.11. The van der Waals surface area contributed by atoms with Crippen LogP contribution in [0.4, 0.5) is 4.79 Å². The van der Waals surface area contributed by atoms with Crippen LogP contribution in [0.5, 0.6) is 0 Å². The molecule has 1 atom stereocenters. The number of hydrogen-bond donors (Lipinski definition) is 2. The molecular weight excluding hydrogens is 384 g/mol. The van der Waals surface area contributed by atoms with E-state index in [4.69, 9.17) is 14.8 Å². The van der Waals surface area contributed by atoms with E-state index in [1.807, 2.05) is 26.8 Å². The van der Waals surface area contributed by atoms with Gasteiger partial charge in [-0.2, -0.15) is 5.10 Å². The number of carbonyl (C=O) groups is 2. The second-order valence-electron chi connectivity index (χ2n) is 8.52. The average molecular weight is 408 g/mol. The molecule has 2 N–H and O–H groups in total. The SMILES string of the molecule is CC(C)(C)OC(=O)N1CCC(c2cc3cn[nH]c3c(-c3ccc(C(=O)O)cc3)n2)C1. The molecule has 1 aliphatic heterocycles. The molecule has 2 aromatic heterocycles. The molecule has 0 saturated carbocycles. The van der Waals surface area contributed by atoms with E-state index in [0.29, 0.717) is 18.8 Å². The van der Waals surface area contributed by atoms with Gasteiger partial charge >= 0.3 is 12.1 Å². The second kappa shape index (κ2) is 7.44. The summed E-state index contributed by atoms with van der Waals surface area (Å²) in [5, 5.41) is 17.2. The Bertz CT molecular complexity index is 1100. The Labute approximate surface area is 173 Å². The van der Waals surface area contributed by atoms with Crippen LogP contribution in [-0.4, -0.2) is 55.9 Å². The molecule has 1 aromatic carbocycles. The van der Waals surface area contributed by atoms with Crippen LogP contribution < -0.4 is 0 Å². The van der Waals surface area contributed by atoms with E-state index >= 15 is 0 Å². The molecule has 8 nitrogen and oxygen atoms in total. The molecule has 3 aromatic rings. The van der Waals surface area contributed by atoms with E-state index in [0.717, 1.165) is 28.6 Å². The first-order chi connectivity index (χ1) is 14.2. The van der Waals surface area contributed by atoms with Gasteiger partial charge in [0.25, 0.3) is 0 Å². The first kappa shape index (κ1) is 19.9. The summed E-state index contributed by atoms with van der Waals surface area (Å²) in [5.74, 6) is -0.878. The number of aromatic carboxylic acids is 1. The number of amides is 1. The van der Waals surface area contributed by atoms with E-state index in [-0.39, 0.29) is 17.6 Å². The molecule has 1 unspecified atom stereocenters. The number of aromatic nitrogens is 3. The van der Waals surface area contributed by atoms with Gasteiger partial charge in [0.2, 0.25) is 0 Å². The topological polar surface area (TPSA) is 108 Å². The predicted octanol–water partition coefficient (Wildman–Crippen LogP) is 4.05. The Morgan fingerprint density at radius 1 is 1.23 bits per heavy atom. The maximum atomic E-state index is 12.4. The van der Waals surface area contributed by atoms with Crippen LogP contribution in [0.1, 0.15) is 49.2 Å². The minimum atomic E-state index is -0.969. The normalized spacial score (nSPS) is 16.8. The highest BCUT2D eigenvalue weighted by Crippen LogP contribution is 2.33. The highest BCUT2D eigenvalue weighted by Gasteiger charge is 2.31. The molecule has 0 spiro atoms. The molecule has 3 heterocycles. The second-order valence-corrected chi connectivity index (χ2v) is 8.52. The summed E-state index contributed by atoms with van der Waals surface area (Å²) in [5.41, 5.74) is 2.89. The number of likely N-dealkylation sites (tertiary alicyclic amines) is 1. The summed E-state index contributed by atoms with van der Waals surface area (Å²) in [6, 6.07) is 8.62. The molecule has 1 amide bonds. The monoisotopic (exact) mass is 408 g/mol. The molecule has 0 radical (unpaired) electrons. The van der Waals surface area contributed by atoms with Gasteiger partial charge in [-0.05, 0) is 45.4 Å². The van der Waals surface area contributed by atoms with Crippen molar-refractivity contribution in [2.45, 2.75) is 38.7 Å². The Kier molecular flexibility index (Phi) is 4.93. The highest BCUT2D eigenvalue weighted by molar-refractivity contribution is 5.93. The minimum absolute atomic E-state index is 0.0915. The maximum Gasteiger partial charge on any atom is 0.410 e. The van der Waals surface area contributed by atoms with Crippen LogP contribution in [0.15, 0.2) is 36.5 Å². The number of nitrogens with one attached hydrogen (secondary N) is 1. The number of aromatic amines is 1. The van der Waals surface area contributed by atoms with Crippen molar-refractivity contribution in [1.82, 2.24) is 20.1 Å². The molecule has 156 valence electrons. The molecule has 0 aliphatic carbocycles. The van der Waals surface area contributed by atoms with Crippen molar-refractivity contribution in [3.05, 3.63) is 47.8 Å². The van der Waals surface area contributed by atoms with Crippen molar-refractivity contribution >= 4 is 23.0 Å². The van der Waals surface area contributed by atoms with Crippen LogP contribution in [0.25, 0.3) is 22.2 Å². The van der Waals surface area contributed by atoms with E-state index in [9.17, 15) is 9.59 Å². The maximum absolute atomic E-state index is 12.4. The van der Waals surface area contributed by atoms with Crippen molar-refractivity contribution in [1.29, 1.82) is 0 Å². The van der Waals surface area contributed by atoms with Crippen LogP contribution in [-0.2, 0) is 4.74 Å². The third-order valence-corrected chi connectivity index (χ3v) is 5.11. The molecule has 8 heteroatoms. The number of H-pyrrole nitrogens is 1.